The number of benzene rings is 1. The number of carbonyl (C=O) groups excluding carboxylic acids is 2. The monoisotopic (exact) mass is 314 g/mol. The first kappa shape index (κ1) is 16.4. The van der Waals surface area contributed by atoms with Crippen LogP contribution in [0, 0.1) is 0 Å². The van der Waals surface area contributed by atoms with Gasteiger partial charge in [0.15, 0.2) is 0 Å². The van der Waals surface area contributed by atoms with Crippen molar-refractivity contribution in [2.75, 3.05) is 19.7 Å². The number of ether oxygens (including phenoxy) is 1. The molecule has 0 saturated heterocycles. The minimum Gasteiger partial charge on any atom is -0.493 e. The molecule has 120 valence electrons. The molecule has 0 aliphatic heterocycles. The van der Waals surface area contributed by atoms with Gasteiger partial charge >= 0.3 is 0 Å². The van der Waals surface area contributed by atoms with Crippen molar-refractivity contribution in [2.24, 2.45) is 0 Å². The second kappa shape index (κ2) is 9.14. The zero-order valence-electron chi connectivity index (χ0n) is 12.6. The Kier molecular flexibility index (Phi) is 6.52. The smallest absolute Gasteiger partial charge is 0.271 e. The van der Waals surface area contributed by atoms with Gasteiger partial charge in [-0.3, -0.25) is 14.6 Å². The van der Waals surface area contributed by atoms with Gasteiger partial charge in [0.25, 0.3) is 5.91 Å². The van der Waals surface area contributed by atoms with Gasteiger partial charge < -0.3 is 15.4 Å². The summed E-state index contributed by atoms with van der Waals surface area (Å²) in [6.07, 6.45) is 4.58. The first-order valence-electron chi connectivity index (χ1n) is 7.24. The summed E-state index contributed by atoms with van der Waals surface area (Å²) in [5.41, 5.74) is 0.245. The normalized spacial score (nSPS) is 9.91. The third kappa shape index (κ3) is 6.13. The molecule has 1 aromatic carbocycles. The van der Waals surface area contributed by atoms with Crippen LogP contribution in [-0.4, -0.2) is 41.5 Å². The molecule has 0 unspecified atom stereocenters. The van der Waals surface area contributed by atoms with Crippen LogP contribution in [0.25, 0.3) is 0 Å². The standard InChI is InChI=1S/C16H18N4O3/c21-15(6-11-23-13-4-2-1-3-5-13)19-9-10-20-16(22)14-12-17-7-8-18-14/h1-5,7-8,12H,6,9-11H2,(H,19,21)(H,20,22). The molecule has 2 N–H and O–H groups in total. The number of hydrogen-bond acceptors (Lipinski definition) is 5. The highest BCUT2D eigenvalue weighted by Crippen LogP contribution is 2.08. The van der Waals surface area contributed by atoms with Gasteiger partial charge in [0, 0.05) is 25.5 Å². The van der Waals surface area contributed by atoms with E-state index in [1.165, 1.54) is 18.6 Å². The van der Waals surface area contributed by atoms with Crippen LogP contribution in [0.3, 0.4) is 0 Å². The molecule has 1 aromatic heterocycles. The lowest BCUT2D eigenvalue weighted by Crippen LogP contribution is -2.35. The van der Waals surface area contributed by atoms with E-state index in [-0.39, 0.29) is 23.9 Å². The Bertz CT molecular complexity index is 620. The van der Waals surface area contributed by atoms with Crippen LogP contribution in [0.1, 0.15) is 16.9 Å². The fourth-order valence-electron chi connectivity index (χ4n) is 1.75. The van der Waals surface area contributed by atoms with E-state index in [0.29, 0.717) is 19.7 Å². The van der Waals surface area contributed by atoms with Crippen LogP contribution >= 0.6 is 0 Å². The predicted molar refractivity (Wildman–Crippen MR) is 83.9 cm³/mol. The number of nitrogens with one attached hydrogen (secondary N) is 2. The molecular formula is C16H18N4O3. The number of para-hydroxylation sites is 1. The third-order valence-electron chi connectivity index (χ3n) is 2.87. The highest BCUT2D eigenvalue weighted by molar-refractivity contribution is 5.91. The quantitative estimate of drug-likeness (QED) is 0.703. The summed E-state index contributed by atoms with van der Waals surface area (Å²) in [6, 6.07) is 9.30. The number of rotatable bonds is 8. The van der Waals surface area contributed by atoms with Gasteiger partial charge in [-0.25, -0.2) is 4.98 Å². The molecule has 2 aromatic rings. The largest absolute Gasteiger partial charge is 0.493 e. The second-order valence-electron chi connectivity index (χ2n) is 4.61. The van der Waals surface area contributed by atoms with E-state index in [1.807, 2.05) is 30.3 Å². The molecule has 7 nitrogen and oxygen atoms in total. The highest BCUT2D eigenvalue weighted by Gasteiger charge is 2.06. The minimum absolute atomic E-state index is 0.130. The molecule has 0 aliphatic carbocycles. The molecule has 0 aliphatic rings. The minimum atomic E-state index is -0.320. The van der Waals surface area contributed by atoms with Crippen molar-refractivity contribution in [3.63, 3.8) is 0 Å². The molecule has 23 heavy (non-hydrogen) atoms. The number of amides is 2. The summed E-state index contributed by atoms with van der Waals surface area (Å²) >= 11 is 0. The maximum Gasteiger partial charge on any atom is 0.271 e. The maximum absolute atomic E-state index is 11.7. The van der Waals surface area contributed by atoms with Crippen molar-refractivity contribution in [1.82, 2.24) is 20.6 Å². The maximum atomic E-state index is 11.7. The Balaban J connectivity index is 1.55. The first-order valence-corrected chi connectivity index (χ1v) is 7.24. The molecule has 2 rings (SSSR count). The average Bonchev–Trinajstić information content (AvgIpc) is 2.60. The van der Waals surface area contributed by atoms with Crippen molar-refractivity contribution < 1.29 is 14.3 Å². The fraction of sp³-hybridized carbons (Fsp3) is 0.250. The van der Waals surface area contributed by atoms with E-state index in [9.17, 15) is 9.59 Å². The van der Waals surface area contributed by atoms with Gasteiger partial charge in [0.05, 0.1) is 19.2 Å². The molecule has 0 atom stereocenters. The van der Waals surface area contributed by atoms with E-state index < -0.39 is 0 Å². The van der Waals surface area contributed by atoms with Gasteiger partial charge in [-0.1, -0.05) is 18.2 Å². The molecule has 0 radical (unpaired) electrons. The summed E-state index contributed by atoms with van der Waals surface area (Å²) in [5, 5.41) is 5.35. The molecule has 0 bridgehead atoms. The Labute approximate surface area is 134 Å². The Morgan fingerprint density at radius 1 is 1.04 bits per heavy atom. The van der Waals surface area contributed by atoms with E-state index in [0.717, 1.165) is 5.75 Å². The molecule has 0 fully saturated rings. The predicted octanol–water partition coefficient (Wildman–Crippen LogP) is 0.792. The zero-order valence-corrected chi connectivity index (χ0v) is 12.6. The second-order valence-corrected chi connectivity index (χ2v) is 4.61. The molecular weight excluding hydrogens is 296 g/mol. The van der Waals surface area contributed by atoms with Crippen LogP contribution in [0.2, 0.25) is 0 Å². The number of nitrogens with zero attached hydrogens (tertiary/aromatic N) is 2. The molecule has 7 heteroatoms. The average molecular weight is 314 g/mol. The Hall–Kier alpha value is -2.96. The number of carbonyl (C=O) groups is 2. The van der Waals surface area contributed by atoms with Crippen molar-refractivity contribution in [3.05, 3.63) is 54.6 Å². The Morgan fingerprint density at radius 3 is 2.57 bits per heavy atom. The highest BCUT2D eigenvalue weighted by atomic mass is 16.5. The summed E-state index contributed by atoms with van der Waals surface area (Å²) < 4.78 is 5.43. The summed E-state index contributed by atoms with van der Waals surface area (Å²) in [6.45, 7) is 0.971. The number of aromatic nitrogens is 2. The lowest BCUT2D eigenvalue weighted by atomic mass is 10.3. The SMILES string of the molecule is O=C(CCOc1ccccc1)NCCNC(=O)c1cnccn1. The lowest BCUT2D eigenvalue weighted by Gasteiger charge is -2.08. The van der Waals surface area contributed by atoms with Crippen molar-refractivity contribution in [2.45, 2.75) is 6.42 Å². The molecule has 1 heterocycles. The van der Waals surface area contributed by atoms with Crippen LogP contribution in [0.4, 0.5) is 0 Å². The van der Waals surface area contributed by atoms with Gasteiger partial charge in [-0.2, -0.15) is 0 Å². The van der Waals surface area contributed by atoms with Crippen LogP contribution < -0.4 is 15.4 Å². The third-order valence-corrected chi connectivity index (χ3v) is 2.87. The number of hydrogen-bond donors (Lipinski definition) is 2. The van der Waals surface area contributed by atoms with Crippen molar-refractivity contribution in [3.8, 4) is 5.75 Å². The van der Waals surface area contributed by atoms with Gasteiger partial charge in [-0.05, 0) is 12.1 Å². The van der Waals surface area contributed by atoms with E-state index in [2.05, 4.69) is 20.6 Å². The summed E-state index contributed by atoms with van der Waals surface area (Å²) in [7, 11) is 0. The van der Waals surface area contributed by atoms with Crippen LogP contribution in [0.5, 0.6) is 5.75 Å². The summed E-state index contributed by atoms with van der Waals surface area (Å²) in [4.78, 5) is 31.0. The van der Waals surface area contributed by atoms with Gasteiger partial charge in [0.1, 0.15) is 11.4 Å². The molecule has 2 amide bonds. The van der Waals surface area contributed by atoms with Crippen LogP contribution in [-0.2, 0) is 4.79 Å². The summed E-state index contributed by atoms with van der Waals surface area (Å²) in [5.74, 6) is 0.283. The van der Waals surface area contributed by atoms with Gasteiger partial charge in [0.2, 0.25) is 5.91 Å². The van der Waals surface area contributed by atoms with E-state index >= 15 is 0 Å². The molecule has 0 spiro atoms. The van der Waals surface area contributed by atoms with Crippen molar-refractivity contribution in [1.29, 1.82) is 0 Å². The van der Waals surface area contributed by atoms with Gasteiger partial charge in [-0.15, -0.1) is 0 Å². The fourth-order valence-corrected chi connectivity index (χ4v) is 1.75. The lowest BCUT2D eigenvalue weighted by molar-refractivity contribution is -0.121. The van der Waals surface area contributed by atoms with Crippen LogP contribution in [0.15, 0.2) is 48.9 Å². The zero-order chi connectivity index (χ0) is 16.3. The van der Waals surface area contributed by atoms with Crippen molar-refractivity contribution >= 4 is 11.8 Å². The molecule has 0 saturated carbocycles. The topological polar surface area (TPSA) is 93.2 Å². The van der Waals surface area contributed by atoms with E-state index in [1.54, 1.807) is 0 Å². The van der Waals surface area contributed by atoms with E-state index in [4.69, 9.17) is 4.74 Å². The Morgan fingerprint density at radius 2 is 1.83 bits per heavy atom. The first-order chi connectivity index (χ1) is 11.3.